The first kappa shape index (κ1) is 15.1. The molecule has 5 nitrogen and oxygen atoms in total. The number of anilines is 2. The summed E-state index contributed by atoms with van der Waals surface area (Å²) in [6, 6.07) is 11.7. The Labute approximate surface area is 134 Å². The number of hydrogen-bond acceptors (Lipinski definition) is 3. The third-order valence-electron chi connectivity index (χ3n) is 3.72. The van der Waals surface area contributed by atoms with E-state index in [-0.39, 0.29) is 5.91 Å². The van der Waals surface area contributed by atoms with Gasteiger partial charge in [0, 0.05) is 18.3 Å². The summed E-state index contributed by atoms with van der Waals surface area (Å²) < 4.78 is 4.89. The largest absolute Gasteiger partial charge is 0.450 e. The van der Waals surface area contributed by atoms with Crippen LogP contribution in [-0.2, 0) is 16.0 Å². The quantitative estimate of drug-likeness (QED) is 0.773. The number of hydrogen-bond donors (Lipinski definition) is 2. The van der Waals surface area contributed by atoms with Crippen LogP contribution in [0.2, 0.25) is 0 Å². The van der Waals surface area contributed by atoms with Crippen molar-refractivity contribution in [1.82, 2.24) is 0 Å². The van der Waals surface area contributed by atoms with Gasteiger partial charge >= 0.3 is 6.09 Å². The summed E-state index contributed by atoms with van der Waals surface area (Å²) in [5.74, 6) is -0.0821. The fourth-order valence-electron chi connectivity index (χ4n) is 2.85. The first-order valence-corrected chi connectivity index (χ1v) is 7.54. The average molecular weight is 310 g/mol. The highest BCUT2D eigenvalue weighted by molar-refractivity contribution is 5.90. The van der Waals surface area contributed by atoms with E-state index < -0.39 is 6.09 Å². The van der Waals surface area contributed by atoms with E-state index in [2.05, 4.69) is 10.6 Å². The topological polar surface area (TPSA) is 67.4 Å². The summed E-state index contributed by atoms with van der Waals surface area (Å²) in [7, 11) is 0. The van der Waals surface area contributed by atoms with Gasteiger partial charge in [-0.2, -0.15) is 0 Å². The van der Waals surface area contributed by atoms with Gasteiger partial charge in [-0.25, -0.2) is 4.79 Å². The molecule has 0 radical (unpaired) electrons. The summed E-state index contributed by atoms with van der Waals surface area (Å²) in [4.78, 5) is 22.7. The predicted octanol–water partition coefficient (Wildman–Crippen LogP) is 3.78. The minimum Gasteiger partial charge on any atom is -0.450 e. The zero-order chi connectivity index (χ0) is 16.4. The summed E-state index contributed by atoms with van der Waals surface area (Å²) in [5.41, 5.74) is 6.15. The first-order valence-electron chi connectivity index (χ1n) is 7.54. The lowest BCUT2D eigenvalue weighted by Crippen LogP contribution is -2.13. The van der Waals surface area contributed by atoms with Crippen molar-refractivity contribution in [3.63, 3.8) is 0 Å². The van der Waals surface area contributed by atoms with Crippen molar-refractivity contribution in [3.05, 3.63) is 47.5 Å². The summed E-state index contributed by atoms with van der Waals surface area (Å²) >= 11 is 0. The molecule has 2 amide bonds. The third kappa shape index (κ3) is 3.18. The maximum atomic E-state index is 11.5. The smallest absolute Gasteiger partial charge is 0.411 e. The molecule has 3 rings (SSSR count). The van der Waals surface area contributed by atoms with Crippen LogP contribution in [0.5, 0.6) is 0 Å². The van der Waals surface area contributed by atoms with Crippen molar-refractivity contribution >= 4 is 23.4 Å². The second-order valence-electron chi connectivity index (χ2n) is 5.45. The summed E-state index contributed by atoms with van der Waals surface area (Å²) in [6.45, 7) is 3.61. The first-order chi connectivity index (χ1) is 11.1. The van der Waals surface area contributed by atoms with Gasteiger partial charge in [-0.05, 0) is 59.9 Å². The SMILES string of the molecule is CCOC(=O)Nc1ccc2c(c1)Cc1cc(NC(C)=O)ccc1-2. The molecule has 0 fully saturated rings. The van der Waals surface area contributed by atoms with Crippen LogP contribution >= 0.6 is 0 Å². The van der Waals surface area contributed by atoms with Crippen LogP contribution in [0.3, 0.4) is 0 Å². The Kier molecular flexibility index (Phi) is 4.02. The van der Waals surface area contributed by atoms with Crippen LogP contribution in [0.4, 0.5) is 16.2 Å². The molecular weight excluding hydrogens is 292 g/mol. The molecule has 1 aliphatic carbocycles. The average Bonchev–Trinajstić information content (AvgIpc) is 2.83. The molecule has 0 spiro atoms. The number of amides is 2. The molecule has 1 aliphatic rings. The molecule has 0 aliphatic heterocycles. The fraction of sp³-hybridized carbons (Fsp3) is 0.222. The lowest BCUT2D eigenvalue weighted by molar-refractivity contribution is -0.114. The Morgan fingerprint density at radius 2 is 1.57 bits per heavy atom. The molecule has 0 unspecified atom stereocenters. The molecule has 2 N–H and O–H groups in total. The van der Waals surface area contributed by atoms with Gasteiger partial charge in [0.15, 0.2) is 0 Å². The van der Waals surface area contributed by atoms with Gasteiger partial charge in [-0.1, -0.05) is 12.1 Å². The molecule has 0 aromatic heterocycles. The summed E-state index contributed by atoms with van der Waals surface area (Å²) in [6.07, 6.45) is 0.326. The van der Waals surface area contributed by atoms with Gasteiger partial charge < -0.3 is 10.1 Å². The second-order valence-corrected chi connectivity index (χ2v) is 5.45. The number of carbonyl (C=O) groups is 2. The van der Waals surface area contributed by atoms with Crippen molar-refractivity contribution < 1.29 is 14.3 Å². The van der Waals surface area contributed by atoms with Crippen LogP contribution < -0.4 is 10.6 Å². The monoisotopic (exact) mass is 310 g/mol. The van der Waals surface area contributed by atoms with Gasteiger partial charge in [-0.15, -0.1) is 0 Å². The lowest BCUT2D eigenvalue weighted by Gasteiger charge is -2.07. The van der Waals surface area contributed by atoms with Crippen LogP contribution in [0.1, 0.15) is 25.0 Å². The molecule has 0 bridgehead atoms. The molecule has 118 valence electrons. The highest BCUT2D eigenvalue weighted by Crippen LogP contribution is 2.39. The van der Waals surface area contributed by atoms with Crippen LogP contribution in [-0.4, -0.2) is 18.6 Å². The standard InChI is InChI=1S/C18H18N2O3/c1-3-23-18(22)20-15-5-7-17-13(10-15)8-12-9-14(19-11(2)21)4-6-16(12)17/h4-7,9-10H,3,8H2,1-2H3,(H,19,21)(H,20,22). The van der Waals surface area contributed by atoms with Gasteiger partial charge in [0.1, 0.15) is 0 Å². The molecule has 2 aromatic carbocycles. The number of benzene rings is 2. The second kappa shape index (κ2) is 6.12. The van der Waals surface area contributed by atoms with E-state index in [4.69, 9.17) is 4.74 Å². The van der Waals surface area contributed by atoms with Crippen molar-refractivity contribution in [2.45, 2.75) is 20.3 Å². The van der Waals surface area contributed by atoms with Gasteiger partial charge in [0.05, 0.1) is 6.61 Å². The van der Waals surface area contributed by atoms with E-state index in [1.807, 2.05) is 36.4 Å². The minimum absolute atomic E-state index is 0.0821. The van der Waals surface area contributed by atoms with E-state index in [1.165, 1.54) is 12.5 Å². The molecule has 0 atom stereocenters. The van der Waals surface area contributed by atoms with E-state index >= 15 is 0 Å². The Morgan fingerprint density at radius 1 is 1.00 bits per heavy atom. The molecule has 23 heavy (non-hydrogen) atoms. The Balaban J connectivity index is 1.83. The number of nitrogens with one attached hydrogen (secondary N) is 2. The number of fused-ring (bicyclic) bond motifs is 3. The Morgan fingerprint density at radius 3 is 2.09 bits per heavy atom. The predicted molar refractivity (Wildman–Crippen MR) is 89.6 cm³/mol. The number of ether oxygens (including phenoxy) is 1. The third-order valence-corrected chi connectivity index (χ3v) is 3.72. The minimum atomic E-state index is -0.448. The van der Waals surface area contributed by atoms with E-state index in [1.54, 1.807) is 6.92 Å². The lowest BCUT2D eigenvalue weighted by atomic mass is 10.1. The van der Waals surface area contributed by atoms with Crippen molar-refractivity contribution in [2.75, 3.05) is 17.2 Å². The van der Waals surface area contributed by atoms with Crippen LogP contribution in [0.15, 0.2) is 36.4 Å². The van der Waals surface area contributed by atoms with E-state index in [0.29, 0.717) is 6.61 Å². The molecule has 0 heterocycles. The highest BCUT2D eigenvalue weighted by Gasteiger charge is 2.19. The number of rotatable bonds is 3. The zero-order valence-electron chi connectivity index (χ0n) is 13.1. The van der Waals surface area contributed by atoms with Crippen LogP contribution in [0.25, 0.3) is 11.1 Å². The highest BCUT2D eigenvalue weighted by atomic mass is 16.5. The molecule has 0 saturated carbocycles. The van der Waals surface area contributed by atoms with Crippen molar-refractivity contribution in [1.29, 1.82) is 0 Å². The molecule has 5 heteroatoms. The maximum Gasteiger partial charge on any atom is 0.411 e. The van der Waals surface area contributed by atoms with Crippen molar-refractivity contribution in [2.24, 2.45) is 0 Å². The Hall–Kier alpha value is -2.82. The molecule has 0 saturated heterocycles. The molecular formula is C18H18N2O3. The maximum absolute atomic E-state index is 11.5. The normalized spacial score (nSPS) is 11.4. The summed E-state index contributed by atoms with van der Waals surface area (Å²) in [5, 5.41) is 5.52. The molecule has 2 aromatic rings. The Bertz CT molecular complexity index is 784. The van der Waals surface area contributed by atoms with E-state index in [9.17, 15) is 9.59 Å². The number of carbonyl (C=O) groups excluding carboxylic acids is 2. The van der Waals surface area contributed by atoms with Gasteiger partial charge in [0.25, 0.3) is 0 Å². The zero-order valence-corrected chi connectivity index (χ0v) is 13.1. The van der Waals surface area contributed by atoms with Crippen molar-refractivity contribution in [3.8, 4) is 11.1 Å². The fourth-order valence-corrected chi connectivity index (χ4v) is 2.85. The van der Waals surface area contributed by atoms with Gasteiger partial charge in [0.2, 0.25) is 5.91 Å². The van der Waals surface area contributed by atoms with Gasteiger partial charge in [-0.3, -0.25) is 10.1 Å². The van der Waals surface area contributed by atoms with E-state index in [0.717, 1.165) is 34.5 Å². The van der Waals surface area contributed by atoms with Crippen LogP contribution in [0, 0.1) is 0 Å².